The highest BCUT2D eigenvalue weighted by Crippen LogP contribution is 2.12. The Bertz CT molecular complexity index is 954. The van der Waals surface area contributed by atoms with E-state index in [2.05, 4.69) is 15.3 Å². The largest absolute Gasteiger partial charge is 0.467 e. The lowest BCUT2D eigenvalue weighted by molar-refractivity contribution is -0.145. The van der Waals surface area contributed by atoms with Gasteiger partial charge in [-0.05, 0) is 18.9 Å². The summed E-state index contributed by atoms with van der Waals surface area (Å²) >= 11 is 0. The molecule has 166 valence electrons. The molecule has 1 fully saturated rings. The Morgan fingerprint density at radius 1 is 1.26 bits per heavy atom. The number of aromatic amines is 1. The molecule has 2 aromatic rings. The van der Waals surface area contributed by atoms with Crippen LogP contribution >= 0.6 is 0 Å². The number of benzene rings is 1. The summed E-state index contributed by atoms with van der Waals surface area (Å²) in [5.41, 5.74) is 1.71. The van der Waals surface area contributed by atoms with Gasteiger partial charge in [0.1, 0.15) is 6.04 Å². The lowest BCUT2D eigenvalue weighted by Crippen LogP contribution is -2.43. The quantitative estimate of drug-likeness (QED) is 0.597. The van der Waals surface area contributed by atoms with Crippen LogP contribution in [0.25, 0.3) is 0 Å². The van der Waals surface area contributed by atoms with Crippen LogP contribution in [0.1, 0.15) is 23.2 Å². The Kier molecular flexibility index (Phi) is 7.77. The lowest BCUT2D eigenvalue weighted by Gasteiger charge is -2.27. The Morgan fingerprint density at radius 2 is 1.97 bits per heavy atom. The van der Waals surface area contributed by atoms with Crippen LogP contribution in [0.5, 0.6) is 0 Å². The number of rotatable bonds is 8. The molecule has 9 heteroatoms. The van der Waals surface area contributed by atoms with Crippen molar-refractivity contribution in [1.29, 1.82) is 0 Å². The number of aromatic nitrogens is 2. The fraction of sp³-hybridized carbons (Fsp3) is 0.455. The van der Waals surface area contributed by atoms with Crippen molar-refractivity contribution in [2.24, 2.45) is 0 Å². The van der Waals surface area contributed by atoms with Crippen LogP contribution in [0.15, 0.2) is 35.1 Å². The fourth-order valence-electron chi connectivity index (χ4n) is 3.51. The molecule has 1 aliphatic rings. The van der Waals surface area contributed by atoms with E-state index in [1.165, 1.54) is 7.11 Å². The predicted octanol–water partition coefficient (Wildman–Crippen LogP) is 0.748. The third-order valence-electron chi connectivity index (χ3n) is 5.23. The molecule has 1 aromatic heterocycles. The van der Waals surface area contributed by atoms with Crippen LogP contribution in [-0.4, -0.2) is 61.3 Å². The molecule has 0 saturated carbocycles. The maximum absolute atomic E-state index is 12.6. The van der Waals surface area contributed by atoms with Gasteiger partial charge in [-0.3, -0.25) is 14.6 Å². The molecule has 9 nitrogen and oxygen atoms in total. The molecule has 1 aromatic carbocycles. The van der Waals surface area contributed by atoms with Gasteiger partial charge in [0.25, 0.3) is 5.56 Å². The minimum Gasteiger partial charge on any atom is -0.467 e. The van der Waals surface area contributed by atoms with Gasteiger partial charge in [-0.25, -0.2) is 9.78 Å². The molecule has 1 aliphatic heterocycles. The Hall–Kier alpha value is -3.20. The summed E-state index contributed by atoms with van der Waals surface area (Å²) in [6.45, 7) is 4.28. The molecule has 0 spiro atoms. The van der Waals surface area contributed by atoms with Crippen LogP contribution in [0.4, 0.5) is 5.95 Å². The number of carbonyl (C=O) groups excluding carboxylic acids is 2. The summed E-state index contributed by atoms with van der Waals surface area (Å²) in [6, 6.07) is 8.59. The number of anilines is 1. The predicted molar refractivity (Wildman–Crippen MR) is 115 cm³/mol. The van der Waals surface area contributed by atoms with Crippen molar-refractivity contribution in [1.82, 2.24) is 15.3 Å². The third-order valence-corrected chi connectivity index (χ3v) is 5.23. The highest BCUT2D eigenvalue weighted by Gasteiger charge is 2.22. The van der Waals surface area contributed by atoms with Crippen molar-refractivity contribution < 1.29 is 19.1 Å². The number of H-pyrrole nitrogens is 1. The van der Waals surface area contributed by atoms with Crippen molar-refractivity contribution in [2.45, 2.75) is 32.2 Å². The molecule has 31 heavy (non-hydrogen) atoms. The number of hydrogen-bond donors (Lipinski definition) is 2. The molecule has 0 bridgehead atoms. The van der Waals surface area contributed by atoms with Crippen LogP contribution in [0.2, 0.25) is 0 Å². The van der Waals surface area contributed by atoms with Crippen molar-refractivity contribution in [3.05, 3.63) is 57.5 Å². The number of hydrogen-bond acceptors (Lipinski definition) is 7. The molecule has 0 radical (unpaired) electrons. The number of ether oxygens (including phenoxy) is 2. The fourth-order valence-corrected chi connectivity index (χ4v) is 3.51. The first-order chi connectivity index (χ1) is 15.0. The Labute approximate surface area is 180 Å². The zero-order valence-corrected chi connectivity index (χ0v) is 17.8. The van der Waals surface area contributed by atoms with Gasteiger partial charge in [0, 0.05) is 37.2 Å². The van der Waals surface area contributed by atoms with E-state index in [4.69, 9.17) is 9.47 Å². The number of esters is 1. The standard InChI is InChI=1S/C22H28N4O5/c1-15-17(20(28)25-22(23-15)26-10-12-31-13-11-26)8-9-19(27)24-18(21(29)30-2)14-16-6-4-3-5-7-16/h3-7,18H,8-14H2,1-2H3,(H,24,27)(H,23,25,28). The molecule has 0 aliphatic carbocycles. The summed E-state index contributed by atoms with van der Waals surface area (Å²) in [5, 5.41) is 2.72. The second-order valence-electron chi connectivity index (χ2n) is 7.39. The number of nitrogens with zero attached hydrogens (tertiary/aromatic N) is 2. The second kappa shape index (κ2) is 10.7. The number of nitrogens with one attached hydrogen (secondary N) is 2. The first-order valence-electron chi connectivity index (χ1n) is 10.3. The molecule has 1 amide bonds. The monoisotopic (exact) mass is 428 g/mol. The van der Waals surface area contributed by atoms with Gasteiger partial charge in [-0.15, -0.1) is 0 Å². The molecule has 1 unspecified atom stereocenters. The van der Waals surface area contributed by atoms with Gasteiger partial charge in [0.15, 0.2) is 0 Å². The van der Waals surface area contributed by atoms with E-state index in [1.807, 2.05) is 35.2 Å². The Balaban J connectivity index is 1.62. The van der Waals surface area contributed by atoms with E-state index in [1.54, 1.807) is 6.92 Å². The normalized spacial score (nSPS) is 14.7. The number of amides is 1. The van der Waals surface area contributed by atoms with Crippen LogP contribution in [0.3, 0.4) is 0 Å². The van der Waals surface area contributed by atoms with Crippen molar-refractivity contribution in [2.75, 3.05) is 38.3 Å². The van der Waals surface area contributed by atoms with E-state index < -0.39 is 12.0 Å². The topological polar surface area (TPSA) is 114 Å². The lowest BCUT2D eigenvalue weighted by atomic mass is 10.1. The first kappa shape index (κ1) is 22.5. The van der Waals surface area contributed by atoms with E-state index >= 15 is 0 Å². The maximum atomic E-state index is 12.6. The number of morpholine rings is 1. The molecular weight excluding hydrogens is 400 g/mol. The van der Waals surface area contributed by atoms with Crippen LogP contribution < -0.4 is 15.8 Å². The summed E-state index contributed by atoms with van der Waals surface area (Å²) in [6.07, 6.45) is 0.613. The zero-order valence-electron chi connectivity index (χ0n) is 17.8. The average molecular weight is 428 g/mol. The Morgan fingerprint density at radius 3 is 2.61 bits per heavy atom. The second-order valence-corrected chi connectivity index (χ2v) is 7.39. The average Bonchev–Trinajstić information content (AvgIpc) is 2.78. The van der Waals surface area contributed by atoms with Gasteiger partial charge in [0.05, 0.1) is 20.3 Å². The van der Waals surface area contributed by atoms with E-state index in [0.29, 0.717) is 49.9 Å². The van der Waals surface area contributed by atoms with Gasteiger partial charge in [0.2, 0.25) is 11.9 Å². The number of methoxy groups -OCH3 is 1. The van der Waals surface area contributed by atoms with Gasteiger partial charge < -0.3 is 19.7 Å². The highest BCUT2D eigenvalue weighted by atomic mass is 16.5. The number of aryl methyl sites for hydroxylation is 1. The summed E-state index contributed by atoms with van der Waals surface area (Å²) in [4.78, 5) is 46.5. The minimum atomic E-state index is -0.791. The summed E-state index contributed by atoms with van der Waals surface area (Å²) in [5.74, 6) is -0.322. The van der Waals surface area contributed by atoms with Crippen molar-refractivity contribution >= 4 is 17.8 Å². The minimum absolute atomic E-state index is 0.0603. The number of carbonyl (C=O) groups is 2. The third kappa shape index (κ3) is 6.14. The summed E-state index contributed by atoms with van der Waals surface area (Å²) < 4.78 is 10.2. The van der Waals surface area contributed by atoms with Gasteiger partial charge in [-0.1, -0.05) is 30.3 Å². The molecular formula is C22H28N4O5. The van der Waals surface area contributed by atoms with E-state index in [-0.39, 0.29) is 24.3 Å². The first-order valence-corrected chi connectivity index (χ1v) is 10.3. The van der Waals surface area contributed by atoms with Gasteiger partial charge in [-0.2, -0.15) is 0 Å². The SMILES string of the molecule is COC(=O)C(Cc1ccccc1)NC(=O)CCc1c(C)nc(N2CCOCC2)[nH]c1=O. The molecule has 1 atom stereocenters. The molecule has 2 heterocycles. The maximum Gasteiger partial charge on any atom is 0.328 e. The molecule has 2 N–H and O–H groups in total. The highest BCUT2D eigenvalue weighted by molar-refractivity contribution is 5.84. The summed E-state index contributed by atoms with van der Waals surface area (Å²) in [7, 11) is 1.29. The van der Waals surface area contributed by atoms with E-state index in [0.717, 1.165) is 5.56 Å². The smallest absolute Gasteiger partial charge is 0.328 e. The molecule has 1 saturated heterocycles. The van der Waals surface area contributed by atoms with Crippen molar-refractivity contribution in [3.8, 4) is 0 Å². The van der Waals surface area contributed by atoms with Gasteiger partial charge >= 0.3 is 5.97 Å². The van der Waals surface area contributed by atoms with Crippen LogP contribution in [0, 0.1) is 6.92 Å². The van der Waals surface area contributed by atoms with Crippen LogP contribution in [-0.2, 0) is 31.9 Å². The van der Waals surface area contributed by atoms with Crippen molar-refractivity contribution in [3.63, 3.8) is 0 Å². The molecule has 3 rings (SSSR count). The zero-order chi connectivity index (χ0) is 22.2. The van der Waals surface area contributed by atoms with E-state index in [9.17, 15) is 14.4 Å².